The highest BCUT2D eigenvalue weighted by Crippen LogP contribution is 2.42. The van der Waals surface area contributed by atoms with Crippen LogP contribution >= 0.6 is 0 Å². The molecule has 0 bridgehead atoms. The molecule has 0 N–H and O–H groups in total. The maximum absolute atomic E-state index is 7.89. The van der Waals surface area contributed by atoms with E-state index in [0.717, 1.165) is 0 Å². The first-order chi connectivity index (χ1) is 21.8. The standard InChI is InChI=1S/C36H82O9Si4/c1-23-41-46(29(3)4,25-37-33(11,12)13)43-48(31(7)8,27-39-35(17,18)19)45-49(32(9)10,28-40-36(20,21)22)44-47(30(5)6,42-24-2)26-38-34(14,15)16/h29-32H,23-28H2,1-22H3. The van der Waals surface area contributed by atoms with Gasteiger partial charge in [0.2, 0.25) is 0 Å². The summed E-state index contributed by atoms with van der Waals surface area (Å²) in [6.45, 7) is 47.5. The minimum Gasteiger partial charge on any atom is -0.412 e. The van der Waals surface area contributed by atoms with E-state index in [-0.39, 0.29) is 33.4 Å². The normalized spacial score (nSPS) is 19.0. The minimum absolute atomic E-state index is 0.0209. The van der Waals surface area contributed by atoms with Crippen molar-refractivity contribution in [1.82, 2.24) is 0 Å². The fraction of sp³-hybridized carbons (Fsp3) is 1.00. The SMILES string of the molecule is CCO[Si](COC(C)(C)C)(O[Si](COC(C)(C)C)(O[Si](COC(C)(C)C)(O[Si](COC(C)(C)C)(OCC)C(C)C)C(C)C)C(C)C)C(C)C. The number of hydrogen-bond donors (Lipinski definition) is 0. The van der Waals surface area contributed by atoms with Gasteiger partial charge in [-0.2, -0.15) is 0 Å². The quantitative estimate of drug-likeness (QED) is 0.1000. The fourth-order valence-corrected chi connectivity index (χ4v) is 26.0. The maximum atomic E-state index is 7.89. The van der Waals surface area contributed by atoms with Crippen LogP contribution in [0.3, 0.4) is 0 Å². The third kappa shape index (κ3) is 17.0. The van der Waals surface area contributed by atoms with Crippen molar-refractivity contribution in [1.29, 1.82) is 0 Å². The highest BCUT2D eigenvalue weighted by Gasteiger charge is 2.62. The molecule has 0 aromatic rings. The van der Waals surface area contributed by atoms with Crippen LogP contribution in [0.25, 0.3) is 0 Å². The minimum atomic E-state index is -3.41. The lowest BCUT2D eigenvalue weighted by Gasteiger charge is -2.52. The van der Waals surface area contributed by atoms with Crippen LogP contribution in [-0.4, -0.2) is 94.8 Å². The molecule has 0 heterocycles. The van der Waals surface area contributed by atoms with Gasteiger partial charge < -0.3 is 40.1 Å². The van der Waals surface area contributed by atoms with E-state index in [1.807, 2.05) is 13.8 Å². The summed E-state index contributed by atoms with van der Waals surface area (Å²) < 4.78 is 63.3. The third-order valence-corrected chi connectivity index (χ3v) is 27.2. The molecule has 0 amide bonds. The Hall–Kier alpha value is 0.508. The topological polar surface area (TPSA) is 83.1 Å². The summed E-state index contributed by atoms with van der Waals surface area (Å²) in [6, 6.07) is 0. The van der Waals surface area contributed by atoms with Crippen molar-refractivity contribution in [2.45, 2.75) is 197 Å². The number of hydrogen-bond acceptors (Lipinski definition) is 9. The van der Waals surface area contributed by atoms with E-state index in [4.69, 9.17) is 40.1 Å². The van der Waals surface area contributed by atoms with Gasteiger partial charge in [0.15, 0.2) is 0 Å². The van der Waals surface area contributed by atoms with Gasteiger partial charge in [-0.25, -0.2) is 0 Å². The summed E-state index contributed by atoms with van der Waals surface area (Å²) in [4.78, 5) is 0. The van der Waals surface area contributed by atoms with Crippen LogP contribution < -0.4 is 0 Å². The van der Waals surface area contributed by atoms with E-state index < -0.39 is 45.4 Å². The molecule has 296 valence electrons. The zero-order valence-corrected chi connectivity index (χ0v) is 40.2. The van der Waals surface area contributed by atoms with Gasteiger partial charge in [0.1, 0.15) is 0 Å². The molecule has 0 spiro atoms. The van der Waals surface area contributed by atoms with Gasteiger partial charge in [-0.15, -0.1) is 0 Å². The molecule has 9 nitrogen and oxygen atoms in total. The summed E-state index contributed by atoms with van der Waals surface area (Å²) in [5, 5.41) is 0. The smallest absolute Gasteiger partial charge is 0.358 e. The van der Waals surface area contributed by atoms with Gasteiger partial charge in [0, 0.05) is 13.2 Å². The Morgan fingerprint density at radius 2 is 0.531 bits per heavy atom. The summed E-state index contributed by atoms with van der Waals surface area (Å²) in [5.74, 6) is 0. The van der Waals surface area contributed by atoms with Crippen molar-refractivity contribution in [3.63, 3.8) is 0 Å². The van der Waals surface area contributed by atoms with Gasteiger partial charge in [0.05, 0.1) is 47.3 Å². The van der Waals surface area contributed by atoms with Crippen molar-refractivity contribution in [3.8, 4) is 0 Å². The van der Waals surface area contributed by atoms with Crippen LogP contribution in [0.5, 0.6) is 0 Å². The molecule has 4 atom stereocenters. The Morgan fingerprint density at radius 3 is 0.694 bits per heavy atom. The average Bonchev–Trinajstić information content (AvgIpc) is 2.90. The second kappa shape index (κ2) is 19.2. The molecular weight excluding hydrogens is 689 g/mol. The molecule has 49 heavy (non-hydrogen) atoms. The van der Waals surface area contributed by atoms with E-state index in [0.29, 0.717) is 38.1 Å². The molecule has 0 aliphatic rings. The van der Waals surface area contributed by atoms with E-state index in [1.54, 1.807) is 0 Å². The van der Waals surface area contributed by atoms with Crippen LogP contribution in [0.1, 0.15) is 152 Å². The Morgan fingerprint density at radius 1 is 0.347 bits per heavy atom. The second-order valence-corrected chi connectivity index (χ2v) is 33.9. The summed E-state index contributed by atoms with van der Waals surface area (Å²) >= 11 is 0. The molecule has 0 aliphatic heterocycles. The monoisotopic (exact) mass is 771 g/mol. The van der Waals surface area contributed by atoms with Gasteiger partial charge in [0.25, 0.3) is 0 Å². The second-order valence-electron chi connectivity index (χ2n) is 18.6. The Labute approximate surface area is 308 Å². The predicted molar refractivity (Wildman–Crippen MR) is 213 cm³/mol. The van der Waals surface area contributed by atoms with Crippen molar-refractivity contribution in [3.05, 3.63) is 0 Å². The molecule has 0 aliphatic carbocycles. The molecule has 0 aromatic carbocycles. The first kappa shape index (κ1) is 49.5. The summed E-state index contributed by atoms with van der Waals surface area (Å²) in [6.07, 6.45) is 1.37. The lowest BCUT2D eigenvalue weighted by Crippen LogP contribution is -2.72. The van der Waals surface area contributed by atoms with Crippen LogP contribution in [0.4, 0.5) is 0 Å². The van der Waals surface area contributed by atoms with E-state index in [9.17, 15) is 0 Å². The van der Waals surface area contributed by atoms with Gasteiger partial charge in [-0.05, 0) is 119 Å². The van der Waals surface area contributed by atoms with Crippen molar-refractivity contribution < 1.29 is 40.1 Å². The predicted octanol–water partition coefficient (Wildman–Crippen LogP) is 9.94. The Kier molecular flexibility index (Phi) is 19.4. The average molecular weight is 771 g/mol. The number of ether oxygens (including phenoxy) is 4. The zero-order valence-electron chi connectivity index (χ0n) is 36.2. The van der Waals surface area contributed by atoms with Crippen molar-refractivity contribution >= 4 is 34.2 Å². The molecule has 0 rings (SSSR count). The van der Waals surface area contributed by atoms with Gasteiger partial charge >= 0.3 is 34.2 Å². The lowest BCUT2D eigenvalue weighted by atomic mass is 10.2. The van der Waals surface area contributed by atoms with Crippen molar-refractivity contribution in [2.24, 2.45) is 0 Å². The first-order valence-corrected chi connectivity index (χ1v) is 27.2. The maximum Gasteiger partial charge on any atom is 0.358 e. The Bertz CT molecular complexity index is 867. The van der Waals surface area contributed by atoms with E-state index in [1.165, 1.54) is 0 Å². The molecule has 0 fully saturated rings. The molecular formula is C36H82O9Si4. The van der Waals surface area contributed by atoms with Crippen molar-refractivity contribution in [2.75, 3.05) is 38.1 Å². The van der Waals surface area contributed by atoms with Gasteiger partial charge in [-0.1, -0.05) is 55.4 Å². The Balaban J connectivity index is 7.94. The van der Waals surface area contributed by atoms with Gasteiger partial charge in [-0.3, -0.25) is 0 Å². The third-order valence-electron chi connectivity index (χ3n) is 8.16. The van der Waals surface area contributed by atoms with Crippen LogP contribution in [0.15, 0.2) is 0 Å². The molecule has 0 aromatic heterocycles. The highest BCUT2D eigenvalue weighted by atomic mass is 28.5. The zero-order chi connectivity index (χ0) is 38.9. The first-order valence-electron chi connectivity index (χ1n) is 18.8. The molecule has 0 radical (unpaired) electrons. The van der Waals surface area contributed by atoms with E-state index in [2.05, 4.69) is 138 Å². The number of rotatable bonds is 22. The van der Waals surface area contributed by atoms with Crippen LogP contribution in [0.2, 0.25) is 22.2 Å². The summed E-state index contributed by atoms with van der Waals surface area (Å²) in [5.41, 5.74) is -1.48. The molecule has 0 saturated heterocycles. The molecule has 0 saturated carbocycles. The summed E-state index contributed by atoms with van der Waals surface area (Å²) in [7, 11) is -13.0. The highest BCUT2D eigenvalue weighted by molar-refractivity contribution is 6.91. The van der Waals surface area contributed by atoms with Crippen LogP contribution in [0, 0.1) is 0 Å². The van der Waals surface area contributed by atoms with Crippen LogP contribution in [-0.2, 0) is 40.1 Å². The largest absolute Gasteiger partial charge is 0.412 e. The van der Waals surface area contributed by atoms with E-state index >= 15 is 0 Å². The fourth-order valence-electron chi connectivity index (χ4n) is 4.70. The lowest BCUT2D eigenvalue weighted by molar-refractivity contribution is -0.0126. The molecule has 4 unspecified atom stereocenters. The molecule has 13 heteroatoms.